The van der Waals surface area contributed by atoms with E-state index in [9.17, 15) is 9.59 Å². The van der Waals surface area contributed by atoms with Crippen molar-refractivity contribution in [2.45, 2.75) is 32.2 Å². The molecule has 1 atom stereocenters. The second-order valence-electron chi connectivity index (χ2n) is 5.89. The van der Waals surface area contributed by atoms with E-state index in [1.807, 2.05) is 25.1 Å². The molecule has 0 aromatic heterocycles. The standard InChI is InChI=1S/C17H20N2O2/c1-11(13-7-8-13)18-16(20)9-10-19-12(2)14-5-3-4-6-15(14)17(19)21/h3-6,11,13H,2,7-10H2,1H3,(H,18,20). The van der Waals surface area contributed by atoms with Crippen molar-refractivity contribution in [1.82, 2.24) is 10.2 Å². The summed E-state index contributed by atoms with van der Waals surface area (Å²) in [6.45, 7) is 6.41. The summed E-state index contributed by atoms with van der Waals surface area (Å²) in [5, 5.41) is 3.01. The minimum atomic E-state index is -0.0568. The molecule has 0 spiro atoms. The van der Waals surface area contributed by atoms with E-state index in [-0.39, 0.29) is 17.9 Å². The number of amides is 2. The van der Waals surface area contributed by atoms with Gasteiger partial charge in [0.2, 0.25) is 5.91 Å². The number of nitrogens with zero attached hydrogens (tertiary/aromatic N) is 1. The molecule has 110 valence electrons. The lowest BCUT2D eigenvalue weighted by Crippen LogP contribution is -2.36. The molecule has 1 N–H and O–H groups in total. The van der Waals surface area contributed by atoms with Gasteiger partial charge in [0.15, 0.2) is 0 Å². The number of carbonyl (C=O) groups excluding carboxylic acids is 2. The predicted molar refractivity (Wildman–Crippen MR) is 81.5 cm³/mol. The number of hydrogen-bond acceptors (Lipinski definition) is 2. The maximum atomic E-state index is 12.3. The number of nitrogens with one attached hydrogen (secondary N) is 1. The van der Waals surface area contributed by atoms with Crippen LogP contribution < -0.4 is 5.32 Å². The number of fused-ring (bicyclic) bond motifs is 1. The Kier molecular flexibility index (Phi) is 3.53. The fourth-order valence-corrected chi connectivity index (χ4v) is 2.82. The molecule has 0 bridgehead atoms. The average Bonchev–Trinajstić information content (AvgIpc) is 3.28. The largest absolute Gasteiger partial charge is 0.353 e. The maximum Gasteiger partial charge on any atom is 0.258 e. The molecule has 1 saturated carbocycles. The van der Waals surface area contributed by atoms with Crippen LogP contribution in [0.1, 0.15) is 42.1 Å². The summed E-state index contributed by atoms with van der Waals surface area (Å²) >= 11 is 0. The Morgan fingerprint density at radius 1 is 1.38 bits per heavy atom. The molecule has 0 saturated heterocycles. The van der Waals surface area contributed by atoms with Crippen LogP contribution in [0.25, 0.3) is 5.70 Å². The Labute approximate surface area is 124 Å². The molecule has 1 aromatic carbocycles. The number of rotatable bonds is 5. The highest BCUT2D eigenvalue weighted by Crippen LogP contribution is 2.33. The fraction of sp³-hybridized carbons (Fsp3) is 0.412. The molecule has 2 amide bonds. The van der Waals surface area contributed by atoms with Gasteiger partial charge in [0, 0.05) is 35.8 Å². The maximum absolute atomic E-state index is 12.3. The summed E-state index contributed by atoms with van der Waals surface area (Å²) in [5.41, 5.74) is 2.24. The molecule has 4 heteroatoms. The highest BCUT2D eigenvalue weighted by Gasteiger charge is 2.31. The van der Waals surface area contributed by atoms with Gasteiger partial charge in [0.1, 0.15) is 0 Å². The Morgan fingerprint density at radius 2 is 2.05 bits per heavy atom. The van der Waals surface area contributed by atoms with Gasteiger partial charge in [-0.25, -0.2) is 0 Å². The molecule has 1 heterocycles. The molecule has 1 unspecified atom stereocenters. The summed E-state index contributed by atoms with van der Waals surface area (Å²) in [6, 6.07) is 7.68. The molecule has 1 fully saturated rings. The molecule has 1 aliphatic heterocycles. The Balaban J connectivity index is 1.58. The molecule has 4 nitrogen and oxygen atoms in total. The molecule has 0 radical (unpaired) electrons. The first-order valence-corrected chi connectivity index (χ1v) is 7.47. The quantitative estimate of drug-likeness (QED) is 0.902. The van der Waals surface area contributed by atoms with E-state index in [1.165, 1.54) is 12.8 Å². The first-order chi connectivity index (χ1) is 10.1. The second-order valence-corrected chi connectivity index (χ2v) is 5.89. The smallest absolute Gasteiger partial charge is 0.258 e. The average molecular weight is 284 g/mol. The zero-order valence-corrected chi connectivity index (χ0v) is 12.3. The number of hydrogen-bond donors (Lipinski definition) is 1. The van der Waals surface area contributed by atoms with E-state index < -0.39 is 0 Å². The fourth-order valence-electron chi connectivity index (χ4n) is 2.82. The normalized spacial score (nSPS) is 18.6. The Morgan fingerprint density at radius 3 is 2.67 bits per heavy atom. The van der Waals surface area contributed by atoms with E-state index in [0.29, 0.717) is 30.1 Å². The lowest BCUT2D eigenvalue weighted by Gasteiger charge is -2.18. The van der Waals surface area contributed by atoms with Crippen LogP contribution in [0, 0.1) is 5.92 Å². The molecule has 1 aliphatic carbocycles. The highest BCUT2D eigenvalue weighted by atomic mass is 16.2. The molecular formula is C17H20N2O2. The third kappa shape index (κ3) is 2.71. The topological polar surface area (TPSA) is 49.4 Å². The van der Waals surface area contributed by atoms with Crippen LogP contribution in [-0.2, 0) is 4.79 Å². The summed E-state index contributed by atoms with van der Waals surface area (Å²) in [6.07, 6.45) is 2.73. The van der Waals surface area contributed by atoms with E-state index in [0.717, 1.165) is 5.56 Å². The monoisotopic (exact) mass is 284 g/mol. The van der Waals surface area contributed by atoms with Gasteiger partial charge in [-0.1, -0.05) is 24.8 Å². The van der Waals surface area contributed by atoms with Crippen molar-refractivity contribution >= 4 is 17.5 Å². The van der Waals surface area contributed by atoms with Gasteiger partial charge in [0.05, 0.1) is 0 Å². The summed E-state index contributed by atoms with van der Waals surface area (Å²) in [5.74, 6) is 0.589. The van der Waals surface area contributed by atoms with Crippen molar-refractivity contribution in [3.63, 3.8) is 0 Å². The van der Waals surface area contributed by atoms with Crippen molar-refractivity contribution in [2.75, 3.05) is 6.54 Å². The second kappa shape index (κ2) is 5.35. The molecular weight excluding hydrogens is 264 g/mol. The predicted octanol–water partition coefficient (Wildman–Crippen LogP) is 2.42. The van der Waals surface area contributed by atoms with Crippen LogP contribution in [0.3, 0.4) is 0 Å². The third-order valence-corrected chi connectivity index (χ3v) is 4.32. The minimum absolute atomic E-state index is 0.00551. The van der Waals surface area contributed by atoms with Gasteiger partial charge < -0.3 is 10.2 Å². The Hall–Kier alpha value is -2.10. The summed E-state index contributed by atoms with van der Waals surface area (Å²) in [4.78, 5) is 25.8. The van der Waals surface area contributed by atoms with Gasteiger partial charge in [-0.15, -0.1) is 0 Å². The van der Waals surface area contributed by atoms with Crippen LogP contribution in [0.2, 0.25) is 0 Å². The zero-order valence-electron chi connectivity index (χ0n) is 12.3. The minimum Gasteiger partial charge on any atom is -0.353 e. The summed E-state index contributed by atoms with van der Waals surface area (Å²) in [7, 11) is 0. The third-order valence-electron chi connectivity index (χ3n) is 4.32. The van der Waals surface area contributed by atoms with E-state index in [4.69, 9.17) is 0 Å². The van der Waals surface area contributed by atoms with Crippen LogP contribution in [0.15, 0.2) is 30.8 Å². The summed E-state index contributed by atoms with van der Waals surface area (Å²) < 4.78 is 0. The van der Waals surface area contributed by atoms with Crippen LogP contribution in [0.4, 0.5) is 0 Å². The van der Waals surface area contributed by atoms with E-state index >= 15 is 0 Å². The van der Waals surface area contributed by atoms with Gasteiger partial charge in [0.25, 0.3) is 5.91 Å². The van der Waals surface area contributed by atoms with Crippen LogP contribution >= 0.6 is 0 Å². The molecule has 1 aromatic rings. The van der Waals surface area contributed by atoms with Crippen molar-refractivity contribution < 1.29 is 9.59 Å². The van der Waals surface area contributed by atoms with E-state index in [2.05, 4.69) is 11.9 Å². The van der Waals surface area contributed by atoms with Crippen molar-refractivity contribution in [3.8, 4) is 0 Å². The van der Waals surface area contributed by atoms with Gasteiger partial charge >= 0.3 is 0 Å². The first kappa shape index (κ1) is 13.9. The zero-order chi connectivity index (χ0) is 15.0. The lowest BCUT2D eigenvalue weighted by atomic mass is 10.1. The van der Waals surface area contributed by atoms with Crippen LogP contribution in [0.5, 0.6) is 0 Å². The SMILES string of the molecule is C=C1c2ccccc2C(=O)N1CCC(=O)NC(C)C1CC1. The lowest BCUT2D eigenvalue weighted by molar-refractivity contribution is -0.121. The van der Waals surface area contributed by atoms with Gasteiger partial charge in [-0.2, -0.15) is 0 Å². The van der Waals surface area contributed by atoms with E-state index in [1.54, 1.807) is 11.0 Å². The highest BCUT2D eigenvalue weighted by molar-refractivity contribution is 6.08. The number of benzene rings is 1. The number of carbonyl (C=O) groups is 2. The van der Waals surface area contributed by atoms with Gasteiger partial charge in [-0.05, 0) is 31.7 Å². The van der Waals surface area contributed by atoms with Crippen LogP contribution in [-0.4, -0.2) is 29.3 Å². The van der Waals surface area contributed by atoms with Gasteiger partial charge in [-0.3, -0.25) is 9.59 Å². The molecule has 2 aliphatic rings. The Bertz CT molecular complexity index is 570. The first-order valence-electron chi connectivity index (χ1n) is 7.47. The van der Waals surface area contributed by atoms with Crippen molar-refractivity contribution in [2.24, 2.45) is 5.92 Å². The van der Waals surface area contributed by atoms with Crippen molar-refractivity contribution in [3.05, 3.63) is 42.0 Å². The molecule has 3 rings (SSSR count). The molecule has 21 heavy (non-hydrogen) atoms. The van der Waals surface area contributed by atoms with Crippen molar-refractivity contribution in [1.29, 1.82) is 0 Å².